The zero-order valence-corrected chi connectivity index (χ0v) is 10.0. The molecule has 0 aromatic carbocycles. The largest absolute Gasteiger partial charge is 0.459 e. The highest BCUT2D eigenvalue weighted by molar-refractivity contribution is 6.32. The molecule has 1 N–H and O–H groups in total. The highest BCUT2D eigenvalue weighted by Gasteiger charge is 2.16. The smallest absolute Gasteiger partial charge is 0.396 e. The van der Waals surface area contributed by atoms with Crippen molar-refractivity contribution in [1.29, 1.82) is 0 Å². The van der Waals surface area contributed by atoms with Gasteiger partial charge in [0, 0.05) is 6.04 Å². The van der Waals surface area contributed by atoms with E-state index < -0.39 is 11.9 Å². The summed E-state index contributed by atoms with van der Waals surface area (Å²) in [5, 5.41) is 2.61. The van der Waals surface area contributed by atoms with E-state index in [9.17, 15) is 9.59 Å². The molecule has 0 aliphatic heterocycles. The van der Waals surface area contributed by atoms with Crippen LogP contribution in [0.4, 0.5) is 0 Å². The second kappa shape index (κ2) is 7.26. The fraction of sp³-hybridized carbons (Fsp3) is 0.818. The highest BCUT2D eigenvalue weighted by atomic mass is 16.5. The molecular formula is C11H21NO3. The Labute approximate surface area is 91.4 Å². The number of hydrogen-bond donors (Lipinski definition) is 1. The van der Waals surface area contributed by atoms with Crippen LogP contribution in [0.15, 0.2) is 0 Å². The molecule has 0 heterocycles. The molecule has 0 saturated heterocycles. The Bertz CT molecular complexity index is 214. The van der Waals surface area contributed by atoms with Gasteiger partial charge in [-0.1, -0.05) is 13.8 Å². The van der Waals surface area contributed by atoms with Crippen LogP contribution < -0.4 is 5.32 Å². The first-order chi connectivity index (χ1) is 6.97. The van der Waals surface area contributed by atoms with Gasteiger partial charge in [0.15, 0.2) is 0 Å². The summed E-state index contributed by atoms with van der Waals surface area (Å²) in [6, 6.07) is 0.0179. The number of ether oxygens (including phenoxy) is 1. The SMILES string of the molecule is CCOC(=O)C(=O)NC(C)CCC(C)C. The van der Waals surface area contributed by atoms with E-state index in [1.54, 1.807) is 6.92 Å². The Balaban J connectivity index is 3.80. The lowest BCUT2D eigenvalue weighted by Gasteiger charge is -2.14. The number of hydrogen-bond acceptors (Lipinski definition) is 3. The maximum atomic E-state index is 11.2. The fourth-order valence-corrected chi connectivity index (χ4v) is 1.13. The van der Waals surface area contributed by atoms with Crippen LogP contribution in [0, 0.1) is 5.92 Å². The van der Waals surface area contributed by atoms with Crippen molar-refractivity contribution >= 4 is 11.9 Å². The minimum atomic E-state index is -0.797. The predicted molar refractivity (Wildman–Crippen MR) is 58.3 cm³/mol. The van der Waals surface area contributed by atoms with E-state index in [1.165, 1.54) is 0 Å². The average Bonchev–Trinajstić information content (AvgIpc) is 2.15. The molecule has 0 bridgehead atoms. The molecule has 88 valence electrons. The van der Waals surface area contributed by atoms with Crippen molar-refractivity contribution in [1.82, 2.24) is 5.32 Å². The summed E-state index contributed by atoms with van der Waals surface area (Å²) in [6.07, 6.45) is 1.91. The highest BCUT2D eigenvalue weighted by Crippen LogP contribution is 2.06. The molecule has 0 radical (unpaired) electrons. The van der Waals surface area contributed by atoms with Crippen LogP contribution in [0.3, 0.4) is 0 Å². The van der Waals surface area contributed by atoms with Crippen LogP contribution in [0.25, 0.3) is 0 Å². The summed E-state index contributed by atoms with van der Waals surface area (Å²) in [7, 11) is 0. The summed E-state index contributed by atoms with van der Waals surface area (Å²) in [4.78, 5) is 22.2. The molecule has 0 saturated carbocycles. The lowest BCUT2D eigenvalue weighted by atomic mass is 10.0. The van der Waals surface area contributed by atoms with Crippen molar-refractivity contribution in [2.45, 2.75) is 46.6 Å². The third kappa shape index (κ3) is 6.94. The van der Waals surface area contributed by atoms with Gasteiger partial charge in [-0.15, -0.1) is 0 Å². The maximum absolute atomic E-state index is 11.2. The van der Waals surface area contributed by atoms with Crippen LogP contribution in [-0.2, 0) is 14.3 Å². The Hall–Kier alpha value is -1.06. The van der Waals surface area contributed by atoms with E-state index in [-0.39, 0.29) is 12.6 Å². The zero-order valence-electron chi connectivity index (χ0n) is 10.0. The van der Waals surface area contributed by atoms with Gasteiger partial charge in [-0.05, 0) is 32.6 Å². The van der Waals surface area contributed by atoms with E-state index >= 15 is 0 Å². The molecule has 15 heavy (non-hydrogen) atoms. The van der Waals surface area contributed by atoms with Crippen molar-refractivity contribution in [2.24, 2.45) is 5.92 Å². The maximum Gasteiger partial charge on any atom is 0.396 e. The van der Waals surface area contributed by atoms with E-state index in [0.717, 1.165) is 12.8 Å². The van der Waals surface area contributed by atoms with Gasteiger partial charge >= 0.3 is 11.9 Å². The number of carbonyl (C=O) groups is 2. The molecule has 0 aliphatic carbocycles. The molecule has 4 heteroatoms. The standard InChI is InChI=1S/C11H21NO3/c1-5-15-11(14)10(13)12-9(4)7-6-8(2)3/h8-9H,5-7H2,1-4H3,(H,12,13). The second-order valence-electron chi connectivity index (χ2n) is 4.07. The van der Waals surface area contributed by atoms with Crippen molar-refractivity contribution in [3.8, 4) is 0 Å². The lowest BCUT2D eigenvalue weighted by molar-refractivity contribution is -0.154. The minimum absolute atomic E-state index is 0.0179. The Morgan fingerprint density at radius 1 is 1.20 bits per heavy atom. The zero-order chi connectivity index (χ0) is 11.8. The molecule has 0 rings (SSSR count). The first kappa shape index (κ1) is 13.9. The van der Waals surface area contributed by atoms with Crippen LogP contribution in [-0.4, -0.2) is 24.5 Å². The summed E-state index contributed by atoms with van der Waals surface area (Å²) in [6.45, 7) is 8.04. The molecule has 4 nitrogen and oxygen atoms in total. The Kier molecular flexibility index (Phi) is 6.75. The van der Waals surface area contributed by atoms with Gasteiger partial charge in [-0.2, -0.15) is 0 Å². The van der Waals surface area contributed by atoms with Crippen molar-refractivity contribution in [2.75, 3.05) is 6.61 Å². The Morgan fingerprint density at radius 3 is 2.27 bits per heavy atom. The molecule has 0 spiro atoms. The Morgan fingerprint density at radius 2 is 1.80 bits per heavy atom. The first-order valence-electron chi connectivity index (χ1n) is 5.45. The number of nitrogens with one attached hydrogen (secondary N) is 1. The van der Waals surface area contributed by atoms with Crippen LogP contribution in [0.5, 0.6) is 0 Å². The third-order valence-corrected chi connectivity index (χ3v) is 2.02. The molecule has 0 aliphatic rings. The van der Waals surface area contributed by atoms with Crippen LogP contribution >= 0.6 is 0 Å². The molecule has 0 aromatic rings. The molecule has 0 fully saturated rings. The van der Waals surface area contributed by atoms with E-state index in [2.05, 4.69) is 23.9 Å². The molecule has 1 atom stereocenters. The normalized spacial score (nSPS) is 12.3. The number of carbonyl (C=O) groups excluding carboxylic acids is 2. The second-order valence-corrected chi connectivity index (χ2v) is 4.07. The monoisotopic (exact) mass is 215 g/mol. The predicted octanol–water partition coefficient (Wildman–Crippen LogP) is 1.49. The van der Waals surface area contributed by atoms with Crippen LogP contribution in [0.2, 0.25) is 0 Å². The van der Waals surface area contributed by atoms with E-state index in [0.29, 0.717) is 5.92 Å². The van der Waals surface area contributed by atoms with Gasteiger partial charge in [0.25, 0.3) is 0 Å². The molecule has 0 aromatic heterocycles. The van der Waals surface area contributed by atoms with Gasteiger partial charge < -0.3 is 10.1 Å². The summed E-state index contributed by atoms with van der Waals surface area (Å²) >= 11 is 0. The van der Waals surface area contributed by atoms with Gasteiger partial charge in [0.1, 0.15) is 0 Å². The first-order valence-corrected chi connectivity index (χ1v) is 5.45. The van der Waals surface area contributed by atoms with Gasteiger partial charge in [-0.25, -0.2) is 4.79 Å². The van der Waals surface area contributed by atoms with Gasteiger partial charge in [-0.3, -0.25) is 4.79 Å². The summed E-state index contributed by atoms with van der Waals surface area (Å²) < 4.78 is 4.58. The minimum Gasteiger partial charge on any atom is -0.459 e. The van der Waals surface area contributed by atoms with Crippen molar-refractivity contribution < 1.29 is 14.3 Å². The average molecular weight is 215 g/mol. The summed E-state index contributed by atoms with van der Waals surface area (Å²) in [5.74, 6) is -0.839. The van der Waals surface area contributed by atoms with Gasteiger partial charge in [0.05, 0.1) is 6.61 Å². The van der Waals surface area contributed by atoms with Crippen molar-refractivity contribution in [3.05, 3.63) is 0 Å². The number of esters is 1. The third-order valence-electron chi connectivity index (χ3n) is 2.02. The fourth-order valence-electron chi connectivity index (χ4n) is 1.13. The number of amides is 1. The topological polar surface area (TPSA) is 55.4 Å². The lowest BCUT2D eigenvalue weighted by Crippen LogP contribution is -2.38. The molecule has 1 unspecified atom stereocenters. The van der Waals surface area contributed by atoms with Crippen LogP contribution in [0.1, 0.15) is 40.5 Å². The summed E-state index contributed by atoms with van der Waals surface area (Å²) in [5.41, 5.74) is 0. The van der Waals surface area contributed by atoms with Crippen molar-refractivity contribution in [3.63, 3.8) is 0 Å². The van der Waals surface area contributed by atoms with E-state index in [4.69, 9.17) is 0 Å². The molecular weight excluding hydrogens is 194 g/mol. The quantitative estimate of drug-likeness (QED) is 0.558. The van der Waals surface area contributed by atoms with Gasteiger partial charge in [0.2, 0.25) is 0 Å². The molecule has 1 amide bonds. The number of rotatable bonds is 5. The van der Waals surface area contributed by atoms with E-state index in [1.807, 2.05) is 6.92 Å².